The van der Waals surface area contributed by atoms with Crippen LogP contribution in [0.4, 0.5) is 5.69 Å². The largest absolute Gasteiger partial charge is 0.506 e. The highest BCUT2D eigenvalue weighted by Gasteiger charge is 2.30. The van der Waals surface area contributed by atoms with Gasteiger partial charge in [-0.3, -0.25) is 4.99 Å². The van der Waals surface area contributed by atoms with Gasteiger partial charge in [-0.15, -0.1) is 0 Å². The first-order valence-electron chi connectivity index (χ1n) is 13.8. The summed E-state index contributed by atoms with van der Waals surface area (Å²) in [5.74, 6) is 0.464. The maximum atomic E-state index is 13.3. The van der Waals surface area contributed by atoms with Crippen molar-refractivity contribution >= 4 is 22.4 Å². The van der Waals surface area contributed by atoms with Gasteiger partial charge < -0.3 is 14.3 Å². The zero-order valence-corrected chi connectivity index (χ0v) is 22.9. The Labute approximate surface area is 242 Å². The molecule has 1 N–H and O–H groups in total. The zero-order chi connectivity index (χ0) is 28.6. The Hall–Kier alpha value is -5.43. The van der Waals surface area contributed by atoms with E-state index in [0.29, 0.717) is 35.3 Å². The van der Waals surface area contributed by atoms with Crippen LogP contribution in [-0.2, 0) is 6.42 Å². The number of aliphatic imine (C=N–C) groups is 1. The Balaban J connectivity index is 1.44. The summed E-state index contributed by atoms with van der Waals surface area (Å²) in [5, 5.41) is 16.9. The molecular formula is C35H27N3O4. The summed E-state index contributed by atoms with van der Waals surface area (Å²) < 4.78 is 13.3. The second-order valence-corrected chi connectivity index (χ2v) is 10.3. The van der Waals surface area contributed by atoms with Crippen molar-refractivity contribution in [1.82, 2.24) is 9.78 Å². The summed E-state index contributed by atoms with van der Waals surface area (Å²) in [6.07, 6.45) is 3.09. The summed E-state index contributed by atoms with van der Waals surface area (Å²) in [4.78, 5) is 18.3. The van der Waals surface area contributed by atoms with Crippen LogP contribution >= 0.6 is 0 Å². The number of fused-ring (bicyclic) bond motifs is 2. The second kappa shape index (κ2) is 10.5. The molecule has 1 aliphatic rings. The van der Waals surface area contributed by atoms with Crippen molar-refractivity contribution in [2.45, 2.75) is 18.8 Å². The molecule has 42 heavy (non-hydrogen) atoms. The third kappa shape index (κ3) is 4.45. The van der Waals surface area contributed by atoms with E-state index in [9.17, 15) is 9.90 Å². The van der Waals surface area contributed by atoms with E-state index in [1.807, 2.05) is 77.5 Å². The molecule has 0 amide bonds. The quantitative estimate of drug-likeness (QED) is 0.228. The number of aromatic hydroxyl groups is 1. The van der Waals surface area contributed by atoms with Crippen LogP contribution in [0.3, 0.4) is 0 Å². The summed E-state index contributed by atoms with van der Waals surface area (Å²) >= 11 is 0. The molecule has 0 saturated carbocycles. The fourth-order valence-corrected chi connectivity index (χ4v) is 5.77. The van der Waals surface area contributed by atoms with Gasteiger partial charge in [-0.05, 0) is 66.8 Å². The van der Waals surface area contributed by atoms with Gasteiger partial charge in [0, 0.05) is 17.3 Å². The molecule has 1 unspecified atom stereocenters. The van der Waals surface area contributed by atoms with E-state index >= 15 is 0 Å². The standard InChI is InChI=1S/C35H27N3O4/c1-41-30-17-9-6-14-25(30)33-27(21-38(37-33)24-12-3-2-4-13-24)23-19-22-11-5-8-16-28(22)36-29(20-23)32-34(39)26-15-7-10-18-31(26)42-35(32)40/h2-18,21,23,39H,19-20H2,1H3. The predicted octanol–water partition coefficient (Wildman–Crippen LogP) is 7.21. The molecule has 206 valence electrons. The minimum atomic E-state index is -0.618. The molecule has 0 radical (unpaired) electrons. The van der Waals surface area contributed by atoms with Gasteiger partial charge in [-0.25, -0.2) is 9.48 Å². The van der Waals surface area contributed by atoms with Crippen molar-refractivity contribution in [2.75, 3.05) is 7.11 Å². The van der Waals surface area contributed by atoms with Crippen LogP contribution in [0.25, 0.3) is 27.9 Å². The maximum Gasteiger partial charge on any atom is 0.349 e. The summed E-state index contributed by atoms with van der Waals surface area (Å²) in [6.45, 7) is 0. The molecule has 0 saturated heterocycles. The number of methoxy groups -OCH3 is 1. The highest BCUT2D eigenvalue weighted by molar-refractivity contribution is 6.07. The number of benzene rings is 4. The fraction of sp³-hybridized carbons (Fsp3) is 0.114. The van der Waals surface area contributed by atoms with Crippen LogP contribution in [0.15, 0.2) is 124 Å². The topological polar surface area (TPSA) is 89.9 Å². The van der Waals surface area contributed by atoms with Gasteiger partial charge in [0.25, 0.3) is 0 Å². The van der Waals surface area contributed by atoms with Crippen LogP contribution in [-0.4, -0.2) is 27.7 Å². The van der Waals surface area contributed by atoms with Gasteiger partial charge in [-0.1, -0.05) is 60.7 Å². The number of aromatic nitrogens is 2. The molecule has 0 bridgehead atoms. The van der Waals surface area contributed by atoms with Crippen molar-refractivity contribution in [2.24, 2.45) is 4.99 Å². The molecule has 6 aromatic rings. The minimum absolute atomic E-state index is 0.0877. The first kappa shape index (κ1) is 25.5. The number of para-hydroxylation sites is 4. The smallest absolute Gasteiger partial charge is 0.349 e. The van der Waals surface area contributed by atoms with Gasteiger partial charge in [0.2, 0.25) is 0 Å². The SMILES string of the molecule is COc1ccccc1-c1nn(-c2ccccc2)cc1C1CC(c2c(O)c3ccccc3oc2=O)=Nc2ccccc2C1. The van der Waals surface area contributed by atoms with E-state index in [-0.39, 0.29) is 17.2 Å². The first-order valence-corrected chi connectivity index (χ1v) is 13.8. The molecule has 2 aromatic heterocycles. The van der Waals surface area contributed by atoms with Gasteiger partial charge in [-0.2, -0.15) is 5.10 Å². The molecule has 1 atom stereocenters. The zero-order valence-electron chi connectivity index (χ0n) is 22.9. The lowest BCUT2D eigenvalue weighted by molar-refractivity contribution is 0.416. The predicted molar refractivity (Wildman–Crippen MR) is 163 cm³/mol. The number of ether oxygens (including phenoxy) is 1. The fourth-order valence-electron chi connectivity index (χ4n) is 5.77. The monoisotopic (exact) mass is 553 g/mol. The van der Waals surface area contributed by atoms with E-state index in [4.69, 9.17) is 19.2 Å². The van der Waals surface area contributed by atoms with E-state index < -0.39 is 5.63 Å². The highest BCUT2D eigenvalue weighted by Crippen LogP contribution is 2.41. The molecular weight excluding hydrogens is 526 g/mol. The van der Waals surface area contributed by atoms with Crippen LogP contribution < -0.4 is 10.4 Å². The van der Waals surface area contributed by atoms with Crippen LogP contribution in [0.1, 0.15) is 29.0 Å². The Kier molecular flexibility index (Phi) is 6.39. The summed E-state index contributed by atoms with van der Waals surface area (Å²) in [6, 6.07) is 32.7. The first-order chi connectivity index (χ1) is 20.6. The van der Waals surface area contributed by atoms with Crippen LogP contribution in [0.2, 0.25) is 0 Å². The van der Waals surface area contributed by atoms with Gasteiger partial charge in [0.1, 0.15) is 22.6 Å². The number of hydrogen-bond donors (Lipinski definition) is 1. The normalized spacial score (nSPS) is 14.7. The van der Waals surface area contributed by atoms with E-state index in [2.05, 4.69) is 12.3 Å². The van der Waals surface area contributed by atoms with Gasteiger partial charge in [0.15, 0.2) is 0 Å². The highest BCUT2D eigenvalue weighted by atomic mass is 16.5. The third-order valence-electron chi connectivity index (χ3n) is 7.79. The van der Waals surface area contributed by atoms with Crippen LogP contribution in [0, 0.1) is 0 Å². The molecule has 0 aliphatic carbocycles. The number of nitrogens with zero attached hydrogens (tertiary/aromatic N) is 3. The Morgan fingerprint density at radius 3 is 2.48 bits per heavy atom. The Bertz CT molecular complexity index is 2020. The van der Waals surface area contributed by atoms with Crippen molar-refractivity contribution in [1.29, 1.82) is 0 Å². The van der Waals surface area contributed by atoms with Crippen molar-refractivity contribution < 1.29 is 14.3 Å². The van der Waals surface area contributed by atoms with E-state index in [1.165, 1.54) is 0 Å². The number of rotatable bonds is 5. The molecule has 4 aromatic carbocycles. The molecule has 0 fully saturated rings. The summed E-state index contributed by atoms with van der Waals surface area (Å²) in [7, 11) is 1.65. The Morgan fingerprint density at radius 1 is 0.881 bits per heavy atom. The minimum Gasteiger partial charge on any atom is -0.506 e. The van der Waals surface area contributed by atoms with E-state index in [0.717, 1.165) is 33.8 Å². The lowest BCUT2D eigenvalue weighted by atomic mass is 9.85. The lowest BCUT2D eigenvalue weighted by Gasteiger charge is -2.17. The third-order valence-corrected chi connectivity index (χ3v) is 7.79. The van der Waals surface area contributed by atoms with E-state index in [1.54, 1.807) is 31.4 Å². The Morgan fingerprint density at radius 2 is 1.62 bits per heavy atom. The summed E-state index contributed by atoms with van der Waals surface area (Å²) in [5.41, 5.74) is 5.64. The molecule has 7 nitrogen and oxygen atoms in total. The second-order valence-electron chi connectivity index (χ2n) is 10.3. The van der Waals surface area contributed by atoms with Crippen molar-refractivity contribution in [3.05, 3.63) is 136 Å². The number of hydrogen-bond acceptors (Lipinski definition) is 6. The van der Waals surface area contributed by atoms with Gasteiger partial charge >= 0.3 is 5.63 Å². The molecule has 1 aliphatic heterocycles. The lowest BCUT2D eigenvalue weighted by Crippen LogP contribution is -2.18. The van der Waals surface area contributed by atoms with Gasteiger partial charge in [0.05, 0.1) is 35.3 Å². The van der Waals surface area contributed by atoms with Crippen molar-refractivity contribution in [3.63, 3.8) is 0 Å². The average molecular weight is 554 g/mol. The molecule has 0 spiro atoms. The van der Waals surface area contributed by atoms with Crippen molar-refractivity contribution in [3.8, 4) is 28.4 Å². The molecule has 7 rings (SSSR count). The van der Waals surface area contributed by atoms with Crippen LogP contribution in [0.5, 0.6) is 11.5 Å². The maximum absolute atomic E-state index is 13.3. The average Bonchev–Trinajstić information content (AvgIpc) is 3.38. The molecule has 3 heterocycles. The molecule has 7 heteroatoms.